The Morgan fingerprint density at radius 3 is 2.80 bits per heavy atom. The lowest BCUT2D eigenvalue weighted by molar-refractivity contribution is -0.171. The van der Waals surface area contributed by atoms with Crippen molar-refractivity contribution >= 4 is 5.91 Å². The zero-order chi connectivity index (χ0) is 20.9. The summed E-state index contributed by atoms with van der Waals surface area (Å²) in [7, 11) is 0. The zero-order valence-corrected chi connectivity index (χ0v) is 17.2. The van der Waals surface area contributed by atoms with E-state index in [0.29, 0.717) is 63.0 Å². The number of nitrogens with zero attached hydrogens (tertiary/aromatic N) is 1. The molecule has 0 aliphatic carbocycles. The maximum absolute atomic E-state index is 13.1. The Bertz CT molecular complexity index is 775. The maximum Gasteiger partial charge on any atom is 0.288 e. The lowest BCUT2D eigenvalue weighted by atomic mass is 9.80. The molecule has 1 aromatic rings. The van der Waals surface area contributed by atoms with Gasteiger partial charge in [0.05, 0.1) is 13.2 Å². The van der Waals surface area contributed by atoms with Crippen molar-refractivity contribution in [1.29, 1.82) is 0 Å². The monoisotopic (exact) mass is 419 g/mol. The molecule has 8 nitrogen and oxygen atoms in total. The SMILES string of the molecule is CCOC1OC(C(=O)N2CCOCC2)=CC(c2ccc3c(c2)OCO3)C1CCCO. The van der Waals surface area contributed by atoms with Crippen LogP contribution < -0.4 is 9.47 Å². The van der Waals surface area contributed by atoms with Crippen LogP contribution in [0.5, 0.6) is 11.5 Å². The average Bonchev–Trinajstić information content (AvgIpc) is 3.26. The largest absolute Gasteiger partial charge is 0.459 e. The van der Waals surface area contributed by atoms with Gasteiger partial charge in [-0.15, -0.1) is 0 Å². The Morgan fingerprint density at radius 2 is 2.03 bits per heavy atom. The van der Waals surface area contributed by atoms with Gasteiger partial charge in [-0.3, -0.25) is 4.79 Å². The van der Waals surface area contributed by atoms with Gasteiger partial charge in [-0.05, 0) is 43.5 Å². The van der Waals surface area contributed by atoms with E-state index in [1.54, 1.807) is 4.90 Å². The van der Waals surface area contributed by atoms with Gasteiger partial charge in [-0.2, -0.15) is 0 Å². The molecule has 4 rings (SSSR count). The van der Waals surface area contributed by atoms with Crippen molar-refractivity contribution < 1.29 is 33.6 Å². The Morgan fingerprint density at radius 1 is 1.23 bits per heavy atom. The Labute approximate surface area is 176 Å². The third-order valence-corrected chi connectivity index (χ3v) is 5.70. The van der Waals surface area contributed by atoms with Crippen LogP contribution in [0.3, 0.4) is 0 Å². The summed E-state index contributed by atoms with van der Waals surface area (Å²) in [4.78, 5) is 14.9. The lowest BCUT2D eigenvalue weighted by Crippen LogP contribution is -2.44. The highest BCUT2D eigenvalue weighted by molar-refractivity contribution is 5.92. The van der Waals surface area contributed by atoms with Gasteiger partial charge in [-0.1, -0.05) is 6.07 Å². The number of carbonyl (C=O) groups excluding carboxylic acids is 1. The van der Waals surface area contributed by atoms with Crippen LogP contribution in [0, 0.1) is 5.92 Å². The summed E-state index contributed by atoms with van der Waals surface area (Å²) >= 11 is 0. The van der Waals surface area contributed by atoms with Crippen molar-refractivity contribution in [3.63, 3.8) is 0 Å². The molecule has 0 bridgehead atoms. The normalized spacial score (nSPS) is 25.6. The van der Waals surface area contributed by atoms with Crippen LogP contribution in [-0.4, -0.2) is 68.5 Å². The number of hydrogen-bond acceptors (Lipinski definition) is 7. The summed E-state index contributed by atoms with van der Waals surface area (Å²) in [5.74, 6) is 1.41. The number of hydrogen-bond donors (Lipinski definition) is 1. The molecule has 3 aliphatic rings. The Balaban J connectivity index is 1.67. The van der Waals surface area contributed by atoms with Crippen LogP contribution in [0.25, 0.3) is 0 Å². The summed E-state index contributed by atoms with van der Waals surface area (Å²) < 4.78 is 28.3. The minimum atomic E-state index is -0.568. The first-order valence-corrected chi connectivity index (χ1v) is 10.6. The number of aliphatic hydroxyl groups excluding tert-OH is 1. The van der Waals surface area contributed by atoms with E-state index in [9.17, 15) is 9.90 Å². The molecular formula is C22H29NO7. The van der Waals surface area contributed by atoms with Gasteiger partial charge in [-0.25, -0.2) is 0 Å². The fourth-order valence-corrected chi connectivity index (χ4v) is 4.18. The predicted molar refractivity (Wildman–Crippen MR) is 107 cm³/mol. The van der Waals surface area contributed by atoms with E-state index >= 15 is 0 Å². The van der Waals surface area contributed by atoms with Crippen molar-refractivity contribution in [2.45, 2.75) is 32.0 Å². The van der Waals surface area contributed by atoms with Crippen molar-refractivity contribution in [2.75, 3.05) is 46.3 Å². The second-order valence-corrected chi connectivity index (χ2v) is 7.55. The highest BCUT2D eigenvalue weighted by Gasteiger charge is 2.39. The molecule has 1 aromatic carbocycles. The second-order valence-electron chi connectivity index (χ2n) is 7.55. The molecule has 0 aromatic heterocycles. The summed E-state index contributed by atoms with van der Waals surface area (Å²) in [6.45, 7) is 4.81. The molecule has 3 heterocycles. The van der Waals surface area contributed by atoms with Crippen LogP contribution in [0.2, 0.25) is 0 Å². The van der Waals surface area contributed by atoms with Crippen molar-refractivity contribution in [3.05, 3.63) is 35.6 Å². The fraction of sp³-hybridized carbons (Fsp3) is 0.591. The topological polar surface area (TPSA) is 86.7 Å². The standard InChI is InChI=1S/C22H29NO7/c1-2-27-22-16(4-3-9-24)17(15-5-6-18-19(12-15)29-14-28-18)13-20(30-22)21(25)23-7-10-26-11-8-23/h5-6,12-13,16-17,22,24H,2-4,7-11,14H2,1H3. The first-order chi connectivity index (χ1) is 14.7. The van der Waals surface area contributed by atoms with Gasteiger partial charge in [0.1, 0.15) is 0 Å². The number of aliphatic hydroxyl groups is 1. The molecule has 1 saturated heterocycles. The number of carbonyl (C=O) groups is 1. The molecule has 0 radical (unpaired) electrons. The molecular weight excluding hydrogens is 390 g/mol. The highest BCUT2D eigenvalue weighted by Crippen LogP contribution is 2.43. The summed E-state index contributed by atoms with van der Waals surface area (Å²) in [5.41, 5.74) is 1.00. The molecule has 0 spiro atoms. The first-order valence-electron chi connectivity index (χ1n) is 10.6. The molecule has 164 valence electrons. The van der Waals surface area contributed by atoms with Gasteiger partial charge >= 0.3 is 0 Å². The van der Waals surface area contributed by atoms with E-state index in [1.807, 2.05) is 31.2 Å². The smallest absolute Gasteiger partial charge is 0.288 e. The molecule has 3 atom stereocenters. The Hall–Kier alpha value is -2.29. The summed E-state index contributed by atoms with van der Waals surface area (Å²) in [6, 6.07) is 5.84. The molecule has 1 fully saturated rings. The van der Waals surface area contributed by atoms with Crippen molar-refractivity contribution in [2.24, 2.45) is 5.92 Å². The summed E-state index contributed by atoms with van der Waals surface area (Å²) in [5, 5.41) is 9.40. The molecule has 3 unspecified atom stereocenters. The average molecular weight is 419 g/mol. The molecule has 30 heavy (non-hydrogen) atoms. The number of amides is 1. The van der Waals surface area contributed by atoms with Gasteiger partial charge in [0, 0.05) is 38.1 Å². The number of rotatable bonds is 7. The summed E-state index contributed by atoms with van der Waals surface area (Å²) in [6.07, 6.45) is 2.66. The van der Waals surface area contributed by atoms with E-state index in [4.69, 9.17) is 23.7 Å². The van der Waals surface area contributed by atoms with Gasteiger partial charge in [0.15, 0.2) is 17.3 Å². The second kappa shape index (κ2) is 9.68. The highest BCUT2D eigenvalue weighted by atomic mass is 16.7. The predicted octanol–water partition coefficient (Wildman–Crippen LogP) is 2.02. The van der Waals surface area contributed by atoms with Crippen LogP contribution in [0.15, 0.2) is 30.0 Å². The van der Waals surface area contributed by atoms with Gasteiger partial charge in [0.2, 0.25) is 13.1 Å². The Kier molecular flexibility index (Phi) is 6.76. The maximum atomic E-state index is 13.1. The minimum absolute atomic E-state index is 0.0429. The third-order valence-electron chi connectivity index (χ3n) is 5.70. The molecule has 3 aliphatic heterocycles. The van der Waals surface area contributed by atoms with Crippen molar-refractivity contribution in [1.82, 2.24) is 4.90 Å². The molecule has 1 N–H and O–H groups in total. The third kappa shape index (κ3) is 4.40. The number of allylic oxidation sites excluding steroid dienone is 1. The van der Waals surface area contributed by atoms with Crippen LogP contribution in [-0.2, 0) is 19.0 Å². The van der Waals surface area contributed by atoms with Crippen molar-refractivity contribution in [3.8, 4) is 11.5 Å². The molecule has 8 heteroatoms. The zero-order valence-electron chi connectivity index (χ0n) is 17.2. The minimum Gasteiger partial charge on any atom is -0.459 e. The quantitative estimate of drug-likeness (QED) is 0.724. The van der Waals surface area contributed by atoms with E-state index < -0.39 is 6.29 Å². The van der Waals surface area contributed by atoms with Crippen LogP contribution in [0.4, 0.5) is 0 Å². The number of fused-ring (bicyclic) bond motifs is 1. The first kappa shape index (κ1) is 21.0. The fourth-order valence-electron chi connectivity index (χ4n) is 4.18. The van der Waals surface area contributed by atoms with Gasteiger partial charge < -0.3 is 33.7 Å². The lowest BCUT2D eigenvalue weighted by Gasteiger charge is -2.38. The number of ether oxygens (including phenoxy) is 5. The number of morpholine rings is 1. The van der Waals surface area contributed by atoms with Crippen LogP contribution in [0.1, 0.15) is 31.2 Å². The number of benzene rings is 1. The van der Waals surface area contributed by atoms with E-state index in [-0.39, 0.29) is 31.1 Å². The van der Waals surface area contributed by atoms with E-state index in [1.165, 1.54) is 0 Å². The van der Waals surface area contributed by atoms with E-state index in [2.05, 4.69) is 0 Å². The molecule has 1 amide bonds. The van der Waals surface area contributed by atoms with Crippen LogP contribution >= 0.6 is 0 Å². The van der Waals surface area contributed by atoms with Gasteiger partial charge in [0.25, 0.3) is 5.91 Å². The van der Waals surface area contributed by atoms with E-state index in [0.717, 1.165) is 5.56 Å². The molecule has 0 saturated carbocycles.